The summed E-state index contributed by atoms with van der Waals surface area (Å²) in [6, 6.07) is 6.14. The molecule has 0 bridgehead atoms. The number of hydrogen-bond acceptors (Lipinski definition) is 7. The summed E-state index contributed by atoms with van der Waals surface area (Å²) in [5.41, 5.74) is 3.33. The van der Waals surface area contributed by atoms with E-state index in [0.29, 0.717) is 44.6 Å². The fraction of sp³-hybridized carbons (Fsp3) is 0.444. The highest BCUT2D eigenvalue weighted by atomic mass is 16.6. The van der Waals surface area contributed by atoms with Crippen LogP contribution in [-0.4, -0.2) is 59.0 Å². The molecule has 0 unspecified atom stereocenters. The van der Waals surface area contributed by atoms with Crippen molar-refractivity contribution in [2.24, 2.45) is 0 Å². The van der Waals surface area contributed by atoms with Crippen LogP contribution in [0.25, 0.3) is 0 Å². The van der Waals surface area contributed by atoms with Crippen LogP contribution in [0.3, 0.4) is 0 Å². The second-order valence-corrected chi connectivity index (χ2v) is 6.21. The van der Waals surface area contributed by atoms with Crippen LogP contribution in [0.5, 0.6) is 0 Å². The van der Waals surface area contributed by atoms with Gasteiger partial charge in [-0.05, 0) is 31.9 Å². The Morgan fingerprint density at radius 2 is 1.88 bits per heavy atom. The van der Waals surface area contributed by atoms with Crippen LogP contribution in [0.15, 0.2) is 24.4 Å². The van der Waals surface area contributed by atoms with Gasteiger partial charge in [0.15, 0.2) is 5.82 Å². The second kappa shape index (κ2) is 7.99. The van der Waals surface area contributed by atoms with E-state index in [0.717, 1.165) is 16.8 Å². The number of para-hydroxylation sites is 1. The maximum Gasteiger partial charge on any atom is 0.409 e. The number of aromatic nitrogens is 3. The Labute approximate surface area is 153 Å². The molecule has 2 heterocycles. The van der Waals surface area contributed by atoms with Crippen LogP contribution in [0.1, 0.15) is 18.1 Å². The van der Waals surface area contributed by atoms with Gasteiger partial charge in [-0.2, -0.15) is 10.1 Å². The molecular weight excluding hydrogens is 332 g/mol. The number of anilines is 3. The van der Waals surface area contributed by atoms with Gasteiger partial charge in [0.25, 0.3) is 0 Å². The molecular formula is C18H24N6O2. The van der Waals surface area contributed by atoms with Crippen molar-refractivity contribution >= 4 is 23.5 Å². The maximum absolute atomic E-state index is 11.8. The lowest BCUT2D eigenvalue weighted by molar-refractivity contribution is 0.105. The number of nitrogens with zero attached hydrogens (tertiary/aromatic N) is 5. The van der Waals surface area contributed by atoms with E-state index >= 15 is 0 Å². The quantitative estimate of drug-likeness (QED) is 0.901. The third-order valence-corrected chi connectivity index (χ3v) is 4.37. The Bertz CT molecular complexity index is 754. The van der Waals surface area contributed by atoms with Crippen molar-refractivity contribution in [1.29, 1.82) is 0 Å². The van der Waals surface area contributed by atoms with Crippen LogP contribution < -0.4 is 10.2 Å². The van der Waals surface area contributed by atoms with E-state index in [1.54, 1.807) is 11.1 Å². The first kappa shape index (κ1) is 17.9. The predicted octanol–water partition coefficient (Wildman–Crippen LogP) is 2.51. The van der Waals surface area contributed by atoms with Crippen molar-refractivity contribution in [3.05, 3.63) is 35.5 Å². The molecule has 1 saturated heterocycles. The normalized spacial score (nSPS) is 14.3. The van der Waals surface area contributed by atoms with E-state index in [9.17, 15) is 4.79 Å². The summed E-state index contributed by atoms with van der Waals surface area (Å²) in [5, 5.41) is 11.6. The largest absolute Gasteiger partial charge is 0.450 e. The first-order chi connectivity index (χ1) is 12.6. The van der Waals surface area contributed by atoms with E-state index in [4.69, 9.17) is 4.74 Å². The maximum atomic E-state index is 11.8. The fourth-order valence-corrected chi connectivity index (χ4v) is 2.93. The van der Waals surface area contributed by atoms with Gasteiger partial charge in [-0.3, -0.25) is 0 Å². The minimum absolute atomic E-state index is 0.267. The molecule has 26 heavy (non-hydrogen) atoms. The van der Waals surface area contributed by atoms with E-state index in [1.807, 2.05) is 17.9 Å². The molecule has 3 rings (SSSR count). The number of rotatable bonds is 4. The lowest BCUT2D eigenvalue weighted by Gasteiger charge is -2.33. The molecule has 1 aromatic heterocycles. The molecule has 1 aliphatic rings. The summed E-state index contributed by atoms with van der Waals surface area (Å²) in [7, 11) is 0. The Morgan fingerprint density at radius 3 is 2.54 bits per heavy atom. The smallest absolute Gasteiger partial charge is 0.409 e. The number of carbonyl (C=O) groups excluding carboxylic acids is 1. The average Bonchev–Trinajstić information content (AvgIpc) is 2.65. The van der Waals surface area contributed by atoms with Crippen molar-refractivity contribution < 1.29 is 9.53 Å². The minimum Gasteiger partial charge on any atom is -0.450 e. The Kier molecular flexibility index (Phi) is 5.50. The molecule has 0 saturated carbocycles. The topological polar surface area (TPSA) is 83.5 Å². The molecule has 1 fully saturated rings. The molecule has 0 atom stereocenters. The van der Waals surface area contributed by atoms with Gasteiger partial charge in [0, 0.05) is 31.9 Å². The summed E-state index contributed by atoms with van der Waals surface area (Å²) in [6.45, 7) is 8.76. The molecule has 1 aliphatic heterocycles. The van der Waals surface area contributed by atoms with Gasteiger partial charge in [-0.15, -0.1) is 5.10 Å². The van der Waals surface area contributed by atoms with Gasteiger partial charge in [0.1, 0.15) is 0 Å². The van der Waals surface area contributed by atoms with Gasteiger partial charge >= 0.3 is 6.09 Å². The lowest BCUT2D eigenvalue weighted by Crippen LogP contribution is -2.49. The molecule has 1 aromatic carbocycles. The summed E-state index contributed by atoms with van der Waals surface area (Å²) < 4.78 is 5.05. The average molecular weight is 356 g/mol. The molecule has 8 heteroatoms. The summed E-state index contributed by atoms with van der Waals surface area (Å²) in [6.07, 6.45) is 1.35. The monoisotopic (exact) mass is 356 g/mol. The first-order valence-corrected chi connectivity index (χ1v) is 8.78. The number of benzene rings is 1. The van der Waals surface area contributed by atoms with Crippen LogP contribution in [0.2, 0.25) is 0 Å². The summed E-state index contributed by atoms with van der Waals surface area (Å²) in [5.74, 6) is 1.21. The van der Waals surface area contributed by atoms with Crippen molar-refractivity contribution in [1.82, 2.24) is 20.1 Å². The number of amides is 1. The van der Waals surface area contributed by atoms with Gasteiger partial charge in [0.05, 0.1) is 12.8 Å². The van der Waals surface area contributed by atoms with Gasteiger partial charge in [-0.1, -0.05) is 18.2 Å². The third kappa shape index (κ3) is 4.01. The standard InChI is InChI=1S/C18H24N6O2/c1-4-26-18(25)24-10-8-23(9-11-24)17-21-15(12-19-22-17)20-16-13(2)6-5-7-14(16)3/h5-7,12H,4,8-11H2,1-3H3,(H,20,21,22). The molecule has 0 aliphatic carbocycles. The van der Waals surface area contributed by atoms with Crippen LogP contribution >= 0.6 is 0 Å². The minimum atomic E-state index is -0.267. The highest BCUT2D eigenvalue weighted by molar-refractivity contribution is 5.68. The Hall–Kier alpha value is -2.90. The molecule has 8 nitrogen and oxygen atoms in total. The van der Waals surface area contributed by atoms with Crippen LogP contribution in [0, 0.1) is 13.8 Å². The van der Waals surface area contributed by atoms with Crippen LogP contribution in [-0.2, 0) is 4.74 Å². The zero-order valence-corrected chi connectivity index (χ0v) is 15.4. The molecule has 138 valence electrons. The predicted molar refractivity (Wildman–Crippen MR) is 99.8 cm³/mol. The highest BCUT2D eigenvalue weighted by Gasteiger charge is 2.23. The summed E-state index contributed by atoms with van der Waals surface area (Å²) >= 11 is 0. The molecule has 1 amide bonds. The summed E-state index contributed by atoms with van der Waals surface area (Å²) in [4.78, 5) is 20.1. The fourth-order valence-electron chi connectivity index (χ4n) is 2.93. The molecule has 0 radical (unpaired) electrons. The lowest BCUT2D eigenvalue weighted by atomic mass is 10.1. The number of piperazine rings is 1. The molecule has 0 spiro atoms. The van der Waals surface area contributed by atoms with Crippen LogP contribution in [0.4, 0.5) is 22.2 Å². The van der Waals surface area contributed by atoms with E-state index in [1.165, 1.54) is 0 Å². The van der Waals surface area contributed by atoms with E-state index < -0.39 is 0 Å². The SMILES string of the molecule is CCOC(=O)N1CCN(c2nncc(Nc3c(C)cccc3C)n2)CC1. The zero-order valence-electron chi connectivity index (χ0n) is 15.4. The van der Waals surface area contributed by atoms with Crippen molar-refractivity contribution in [2.75, 3.05) is 43.0 Å². The van der Waals surface area contributed by atoms with Crippen molar-refractivity contribution in [3.8, 4) is 0 Å². The van der Waals surface area contributed by atoms with Crippen molar-refractivity contribution in [2.45, 2.75) is 20.8 Å². The number of nitrogens with one attached hydrogen (secondary N) is 1. The van der Waals surface area contributed by atoms with Gasteiger partial charge < -0.3 is 19.9 Å². The first-order valence-electron chi connectivity index (χ1n) is 8.78. The Morgan fingerprint density at radius 1 is 1.19 bits per heavy atom. The molecule has 2 aromatic rings. The van der Waals surface area contributed by atoms with Gasteiger partial charge in [0.2, 0.25) is 5.95 Å². The zero-order chi connectivity index (χ0) is 18.5. The number of ether oxygens (including phenoxy) is 1. The van der Waals surface area contributed by atoms with E-state index in [2.05, 4.69) is 46.5 Å². The third-order valence-electron chi connectivity index (χ3n) is 4.37. The number of carbonyl (C=O) groups is 1. The second-order valence-electron chi connectivity index (χ2n) is 6.21. The molecule has 1 N–H and O–H groups in total. The van der Waals surface area contributed by atoms with E-state index in [-0.39, 0.29) is 6.09 Å². The number of hydrogen-bond donors (Lipinski definition) is 1. The van der Waals surface area contributed by atoms with Gasteiger partial charge in [-0.25, -0.2) is 4.79 Å². The Balaban J connectivity index is 1.68. The number of aryl methyl sites for hydroxylation is 2. The highest BCUT2D eigenvalue weighted by Crippen LogP contribution is 2.23. The van der Waals surface area contributed by atoms with Crippen molar-refractivity contribution in [3.63, 3.8) is 0 Å².